The van der Waals surface area contributed by atoms with Gasteiger partial charge < -0.3 is 19.1 Å². The molecule has 3 rings (SSSR count). The highest BCUT2D eigenvalue weighted by Gasteiger charge is 2.67. The molecule has 88 valence electrons. The normalized spacial score (nSPS) is 48.5. The molecular formula is C9H12O6Si. The Morgan fingerprint density at radius 2 is 1.88 bits per heavy atom. The smallest absolute Gasteiger partial charge is 0.393 e. The lowest BCUT2D eigenvalue weighted by Gasteiger charge is -2.30. The zero-order valence-electron chi connectivity index (χ0n) is 11.3. The van der Waals surface area contributed by atoms with Gasteiger partial charge in [0.1, 0.15) is 0 Å². The Morgan fingerprint density at radius 3 is 2.56 bits per heavy atom. The summed E-state index contributed by atoms with van der Waals surface area (Å²) in [5.41, 5.74) is -0.482. The van der Waals surface area contributed by atoms with Crippen LogP contribution in [0.3, 0.4) is 0 Å². The van der Waals surface area contributed by atoms with Crippen molar-refractivity contribution >= 4 is 20.7 Å². The molecule has 1 saturated heterocycles. The summed E-state index contributed by atoms with van der Waals surface area (Å²) in [7, 11) is -3.77. The van der Waals surface area contributed by atoms with Crippen molar-refractivity contribution in [1.29, 1.82) is 4.29 Å². The molecule has 3 aliphatic rings. The maximum atomic E-state index is 11.7. The van der Waals surface area contributed by atoms with E-state index >= 15 is 0 Å². The quantitative estimate of drug-likeness (QED) is 0.323. The molecule has 0 aromatic carbocycles. The highest BCUT2D eigenvalue weighted by molar-refractivity contribution is 6.58. The van der Waals surface area contributed by atoms with Gasteiger partial charge in [-0.05, 0) is 24.7 Å². The standard InChI is InChI=1S/C9H12O6Si/c10-8-6-3-1-4(7(6)9(11)15-8)5(2-3)16(12,13)14/h3-7,12-14H,1-2H2/i12T,13T,14T. The fourth-order valence-electron chi connectivity index (χ4n) is 3.66. The molecule has 0 aromatic heterocycles. The van der Waals surface area contributed by atoms with Gasteiger partial charge in [-0.25, -0.2) is 0 Å². The largest absolute Gasteiger partial charge is 0.496 e. The lowest BCUT2D eigenvalue weighted by molar-refractivity contribution is -0.154. The molecule has 1 heterocycles. The van der Waals surface area contributed by atoms with Crippen LogP contribution in [-0.2, 0) is 14.3 Å². The lowest BCUT2D eigenvalue weighted by Crippen LogP contribution is -2.46. The zero-order valence-corrected chi connectivity index (χ0v) is 9.25. The molecule has 16 heavy (non-hydrogen) atoms. The van der Waals surface area contributed by atoms with Crippen LogP contribution in [0, 0.1) is 23.7 Å². The fraction of sp³-hybridized carbons (Fsp3) is 0.778. The highest BCUT2D eigenvalue weighted by atomic mass is 28.4. The Bertz CT molecular complexity index is 422. The summed E-state index contributed by atoms with van der Waals surface area (Å²) in [6, 6.07) is 0. The van der Waals surface area contributed by atoms with E-state index in [1.807, 2.05) is 0 Å². The first kappa shape index (κ1) is 7.54. The first-order valence-electron chi connectivity index (χ1n) is 6.49. The number of hydrogen-bond acceptors (Lipinski definition) is 6. The maximum absolute atomic E-state index is 11.7. The minimum atomic E-state index is -3.77. The van der Waals surface area contributed by atoms with Gasteiger partial charge in [0.2, 0.25) is 0 Å². The number of carbonyl (C=O) groups excluding carboxylic acids is 2. The van der Waals surface area contributed by atoms with Gasteiger partial charge in [0.25, 0.3) is 0 Å². The summed E-state index contributed by atoms with van der Waals surface area (Å²) in [4.78, 5) is 36.5. The molecule has 3 N–H and O–H groups in total. The summed E-state index contributed by atoms with van der Waals surface area (Å²) in [5.74, 6) is -2.37. The van der Waals surface area contributed by atoms with Crippen LogP contribution in [0.4, 0.5) is 0 Å². The van der Waals surface area contributed by atoms with E-state index in [9.17, 15) is 9.59 Å². The minimum Gasteiger partial charge on any atom is -0.393 e. The fourth-order valence-corrected chi connectivity index (χ4v) is 5.12. The molecule has 0 amide bonds. The van der Waals surface area contributed by atoms with Crippen LogP contribution in [-0.4, -0.2) is 39.4 Å². The summed E-state index contributed by atoms with van der Waals surface area (Å²) >= 11 is 0. The van der Waals surface area contributed by atoms with Gasteiger partial charge in [0.05, 0.1) is 11.8 Å². The third-order valence-electron chi connectivity index (χ3n) is 4.20. The van der Waals surface area contributed by atoms with Gasteiger partial charge in [0, 0.05) is 5.54 Å². The van der Waals surface area contributed by atoms with Crippen molar-refractivity contribution in [1.82, 2.24) is 0 Å². The van der Waals surface area contributed by atoms with E-state index in [-0.39, 0.29) is 11.8 Å². The molecule has 2 saturated carbocycles. The Kier molecular flexibility index (Phi) is 1.38. The van der Waals surface area contributed by atoms with Gasteiger partial charge in [-0.1, -0.05) is 0 Å². The van der Waals surface area contributed by atoms with E-state index in [0.717, 1.165) is 0 Å². The topological polar surface area (TPSA) is 104 Å². The van der Waals surface area contributed by atoms with Crippen LogP contribution >= 0.6 is 0 Å². The number of esters is 2. The first-order valence-corrected chi connectivity index (χ1v) is 7.06. The van der Waals surface area contributed by atoms with E-state index < -0.39 is 38.1 Å². The van der Waals surface area contributed by atoms with Crippen molar-refractivity contribution in [2.45, 2.75) is 18.4 Å². The van der Waals surface area contributed by atoms with E-state index in [1.165, 1.54) is 0 Å². The molecule has 2 bridgehead atoms. The predicted molar refractivity (Wildman–Crippen MR) is 50.5 cm³/mol. The van der Waals surface area contributed by atoms with Gasteiger partial charge in [-0.2, -0.15) is 0 Å². The van der Waals surface area contributed by atoms with Crippen LogP contribution in [0.25, 0.3) is 0 Å². The SMILES string of the molecule is [3H]O[Si](O[3H])(O[3H])C1CC2CC1C1C(=O)OC(=O)C21. The molecule has 5 unspecified atom stereocenters. The van der Waals surface area contributed by atoms with Crippen LogP contribution < -0.4 is 0 Å². The molecule has 0 radical (unpaired) electrons. The molecule has 0 spiro atoms. The first-order chi connectivity index (χ1) is 9.07. The second-order valence-corrected chi connectivity index (χ2v) is 6.85. The third-order valence-corrected chi connectivity index (χ3v) is 5.78. The molecule has 5 atom stereocenters. The Hall–Kier alpha value is -0.763. The minimum absolute atomic E-state index is 0.0497. The molecular weight excluding hydrogens is 232 g/mol. The Balaban J connectivity index is 1.90. The highest BCUT2D eigenvalue weighted by Crippen LogP contribution is 2.61. The monoisotopic (exact) mass is 250 g/mol. The van der Waals surface area contributed by atoms with Crippen molar-refractivity contribution < 1.29 is 28.7 Å². The second-order valence-electron chi connectivity index (χ2n) is 4.90. The number of fused-ring (bicyclic) bond motifs is 5. The van der Waals surface area contributed by atoms with E-state index in [4.69, 9.17) is 4.29 Å². The zero-order chi connectivity index (χ0) is 13.8. The molecule has 3 fully saturated rings. The van der Waals surface area contributed by atoms with E-state index in [2.05, 4.69) is 19.1 Å². The number of rotatable bonds is 4. The summed E-state index contributed by atoms with van der Waals surface area (Å²) in [6.45, 7) is 0. The van der Waals surface area contributed by atoms with Crippen LogP contribution in [0.5, 0.6) is 0 Å². The molecule has 2 aliphatic carbocycles. The number of cyclic esters (lactones) is 2. The molecule has 0 aromatic rings. The second kappa shape index (κ2) is 2.92. The van der Waals surface area contributed by atoms with Crippen molar-refractivity contribution in [3.05, 3.63) is 0 Å². The van der Waals surface area contributed by atoms with E-state index in [0.29, 0.717) is 12.8 Å². The van der Waals surface area contributed by atoms with Gasteiger partial charge in [-0.15, -0.1) is 0 Å². The van der Waals surface area contributed by atoms with Crippen molar-refractivity contribution in [3.8, 4) is 0 Å². The van der Waals surface area contributed by atoms with Crippen molar-refractivity contribution in [2.75, 3.05) is 0 Å². The third kappa shape index (κ3) is 1.17. The molecule has 6 nitrogen and oxygen atoms in total. The summed E-state index contributed by atoms with van der Waals surface area (Å²) < 4.78 is 25.7. The molecule has 7 heteroatoms. The molecule has 1 aliphatic heterocycles. The Labute approximate surface area is 96.7 Å². The van der Waals surface area contributed by atoms with Crippen LogP contribution in [0.15, 0.2) is 0 Å². The number of carbonyl (C=O) groups is 2. The summed E-state index contributed by atoms with van der Waals surface area (Å²) in [6.07, 6.45) is 1.07. The van der Waals surface area contributed by atoms with E-state index in [1.54, 1.807) is 0 Å². The van der Waals surface area contributed by atoms with Crippen LogP contribution in [0.2, 0.25) is 5.54 Å². The van der Waals surface area contributed by atoms with Gasteiger partial charge >= 0.3 is 20.7 Å². The van der Waals surface area contributed by atoms with Crippen molar-refractivity contribution in [3.63, 3.8) is 0 Å². The van der Waals surface area contributed by atoms with Crippen LogP contribution in [0.1, 0.15) is 12.8 Å². The summed E-state index contributed by atoms with van der Waals surface area (Å²) in [5, 5.41) is 0. The predicted octanol–water partition coefficient (Wildman–Crippen LogP) is -1.37. The van der Waals surface area contributed by atoms with Crippen molar-refractivity contribution in [2.24, 2.45) is 23.7 Å². The maximum Gasteiger partial charge on any atom is 0.496 e. The van der Waals surface area contributed by atoms with Gasteiger partial charge in [0.15, 0.2) is 4.29 Å². The average molecular weight is 250 g/mol. The average Bonchev–Trinajstić information content (AvgIpc) is 3.06. The Morgan fingerprint density at radius 1 is 1.19 bits per heavy atom. The lowest BCUT2D eigenvalue weighted by atomic mass is 9.81. The number of ether oxygens (including phenoxy) is 1. The number of hydrogen-bond donors (Lipinski definition) is 3. The van der Waals surface area contributed by atoms with Gasteiger partial charge in [-0.3, -0.25) is 9.59 Å².